The number of halogens is 2. The molecule has 4 nitrogen and oxygen atoms in total. The molecule has 1 aromatic heterocycles. The van der Waals surface area contributed by atoms with E-state index in [2.05, 4.69) is 29.3 Å². The molecule has 2 aromatic rings. The van der Waals surface area contributed by atoms with Gasteiger partial charge in [0.1, 0.15) is 5.82 Å². The van der Waals surface area contributed by atoms with Gasteiger partial charge < -0.3 is 9.84 Å². The maximum Gasteiger partial charge on any atom is 0.231 e. The summed E-state index contributed by atoms with van der Waals surface area (Å²) in [6, 6.07) is 4.39. The van der Waals surface area contributed by atoms with E-state index in [1.165, 1.54) is 12.1 Å². The van der Waals surface area contributed by atoms with Crippen LogP contribution in [0.15, 0.2) is 22.7 Å². The van der Waals surface area contributed by atoms with E-state index in [9.17, 15) is 4.39 Å². The fraction of sp³-hybridized carbons (Fsp3) is 0.467. The predicted octanol–water partition coefficient (Wildman–Crippen LogP) is 4.02. The molecule has 0 aliphatic rings. The van der Waals surface area contributed by atoms with Gasteiger partial charge in [0, 0.05) is 11.6 Å². The summed E-state index contributed by atoms with van der Waals surface area (Å²) in [5.41, 5.74) is 0.566. The van der Waals surface area contributed by atoms with E-state index in [0.29, 0.717) is 17.3 Å². The number of hydrogen-bond acceptors (Lipinski definition) is 4. The molecule has 0 fully saturated rings. The summed E-state index contributed by atoms with van der Waals surface area (Å²) in [6.07, 6.45) is 0.962. The Labute approximate surface area is 128 Å². The minimum absolute atomic E-state index is 0.0930. The highest BCUT2D eigenvalue weighted by atomic mass is 35.5. The summed E-state index contributed by atoms with van der Waals surface area (Å²) < 4.78 is 18.4. The van der Waals surface area contributed by atoms with Crippen LogP contribution in [-0.4, -0.2) is 22.7 Å². The molecule has 1 aromatic carbocycles. The predicted molar refractivity (Wildman–Crippen MR) is 80.9 cm³/mol. The molecule has 0 saturated carbocycles. The van der Waals surface area contributed by atoms with Crippen LogP contribution in [0.4, 0.5) is 4.39 Å². The lowest BCUT2D eigenvalue weighted by Crippen LogP contribution is -2.33. The zero-order chi connectivity index (χ0) is 15.4. The van der Waals surface area contributed by atoms with Crippen molar-refractivity contribution in [3.05, 3.63) is 34.9 Å². The van der Waals surface area contributed by atoms with Gasteiger partial charge in [-0.25, -0.2) is 4.39 Å². The molecule has 0 saturated heterocycles. The summed E-state index contributed by atoms with van der Waals surface area (Å²) in [6.45, 7) is 7.10. The Morgan fingerprint density at radius 1 is 1.38 bits per heavy atom. The van der Waals surface area contributed by atoms with Crippen molar-refractivity contribution in [2.24, 2.45) is 0 Å². The molecular weight excluding hydrogens is 293 g/mol. The summed E-state index contributed by atoms with van der Waals surface area (Å²) in [4.78, 5) is 4.40. The standard InChI is InChI=1S/C15H19ClFN3O/c1-4-13(18-5-2)9(3)15-19-14(20-21-15)11-7-6-10(17)8-12(11)16/h6-9,13,18H,4-5H2,1-3H3. The Bertz CT molecular complexity index is 602. The van der Waals surface area contributed by atoms with E-state index in [-0.39, 0.29) is 22.8 Å². The summed E-state index contributed by atoms with van der Waals surface area (Å²) in [5.74, 6) is 0.640. The highest BCUT2D eigenvalue weighted by molar-refractivity contribution is 6.33. The number of hydrogen-bond donors (Lipinski definition) is 1. The van der Waals surface area contributed by atoms with E-state index in [1.807, 2.05) is 6.92 Å². The first-order chi connectivity index (χ1) is 10.1. The molecule has 1 heterocycles. The highest BCUT2D eigenvalue weighted by Gasteiger charge is 2.23. The number of likely N-dealkylation sites (N-methyl/N-ethyl adjacent to an activating group) is 1. The van der Waals surface area contributed by atoms with E-state index < -0.39 is 0 Å². The molecule has 0 radical (unpaired) electrons. The smallest absolute Gasteiger partial charge is 0.231 e. The summed E-state index contributed by atoms with van der Waals surface area (Å²) >= 11 is 6.02. The fourth-order valence-electron chi connectivity index (χ4n) is 2.31. The Kier molecular flexibility index (Phi) is 5.31. The van der Waals surface area contributed by atoms with Crippen molar-refractivity contribution in [3.8, 4) is 11.4 Å². The van der Waals surface area contributed by atoms with Gasteiger partial charge in [-0.2, -0.15) is 4.98 Å². The molecule has 2 rings (SSSR count). The summed E-state index contributed by atoms with van der Waals surface area (Å²) in [5, 5.41) is 7.62. The second-order valence-corrected chi connectivity index (χ2v) is 5.35. The second kappa shape index (κ2) is 7.00. The number of nitrogens with one attached hydrogen (secondary N) is 1. The maximum absolute atomic E-state index is 13.1. The molecule has 1 N–H and O–H groups in total. The van der Waals surface area contributed by atoms with Crippen LogP contribution in [0.25, 0.3) is 11.4 Å². The molecule has 0 amide bonds. The van der Waals surface area contributed by atoms with Crippen molar-refractivity contribution < 1.29 is 8.91 Å². The SMILES string of the molecule is CCNC(CC)C(C)c1nc(-c2ccc(F)cc2Cl)no1. The normalized spacial score (nSPS) is 14.1. The molecule has 114 valence electrons. The molecule has 0 spiro atoms. The quantitative estimate of drug-likeness (QED) is 0.875. The zero-order valence-corrected chi connectivity index (χ0v) is 13.1. The van der Waals surface area contributed by atoms with Crippen LogP contribution in [-0.2, 0) is 0 Å². The third-order valence-electron chi connectivity index (χ3n) is 3.51. The average Bonchev–Trinajstić information content (AvgIpc) is 2.93. The molecule has 2 atom stereocenters. The minimum Gasteiger partial charge on any atom is -0.339 e. The molecule has 0 aliphatic heterocycles. The second-order valence-electron chi connectivity index (χ2n) is 4.94. The van der Waals surface area contributed by atoms with E-state index in [1.54, 1.807) is 6.07 Å². The van der Waals surface area contributed by atoms with Crippen LogP contribution in [0.5, 0.6) is 0 Å². The Hall–Kier alpha value is -1.46. The molecular formula is C15H19ClFN3O. The van der Waals surface area contributed by atoms with Crippen LogP contribution in [0.1, 0.15) is 39.0 Å². The third-order valence-corrected chi connectivity index (χ3v) is 3.83. The average molecular weight is 312 g/mol. The zero-order valence-electron chi connectivity index (χ0n) is 12.4. The number of nitrogens with zero attached hydrogens (tertiary/aromatic N) is 2. The topological polar surface area (TPSA) is 51.0 Å². The van der Waals surface area contributed by atoms with Crippen LogP contribution in [0.2, 0.25) is 5.02 Å². The van der Waals surface area contributed by atoms with Gasteiger partial charge in [0.2, 0.25) is 11.7 Å². The number of benzene rings is 1. The van der Waals surface area contributed by atoms with Crippen LogP contribution in [0, 0.1) is 5.82 Å². The monoisotopic (exact) mass is 311 g/mol. The van der Waals surface area contributed by atoms with Crippen molar-refractivity contribution in [1.82, 2.24) is 15.5 Å². The first-order valence-corrected chi connectivity index (χ1v) is 7.47. The van der Waals surface area contributed by atoms with E-state index in [0.717, 1.165) is 13.0 Å². The summed E-state index contributed by atoms with van der Waals surface area (Å²) in [7, 11) is 0. The molecule has 0 aliphatic carbocycles. The Morgan fingerprint density at radius 2 is 2.14 bits per heavy atom. The molecule has 21 heavy (non-hydrogen) atoms. The van der Waals surface area contributed by atoms with Crippen LogP contribution >= 0.6 is 11.6 Å². The first kappa shape index (κ1) is 15.9. The lowest BCUT2D eigenvalue weighted by Gasteiger charge is -2.20. The van der Waals surface area contributed by atoms with Crippen LogP contribution < -0.4 is 5.32 Å². The van der Waals surface area contributed by atoms with Crippen LogP contribution in [0.3, 0.4) is 0 Å². The highest BCUT2D eigenvalue weighted by Crippen LogP contribution is 2.28. The van der Waals surface area contributed by atoms with Crippen molar-refractivity contribution in [2.45, 2.75) is 39.2 Å². The van der Waals surface area contributed by atoms with Gasteiger partial charge in [-0.1, -0.05) is 37.5 Å². The van der Waals surface area contributed by atoms with Gasteiger partial charge >= 0.3 is 0 Å². The van der Waals surface area contributed by atoms with Gasteiger partial charge in [0.05, 0.1) is 10.9 Å². The third kappa shape index (κ3) is 3.60. The molecule has 2 unspecified atom stereocenters. The van der Waals surface area contributed by atoms with Gasteiger partial charge in [-0.3, -0.25) is 0 Å². The van der Waals surface area contributed by atoms with Crippen molar-refractivity contribution in [3.63, 3.8) is 0 Å². The van der Waals surface area contributed by atoms with E-state index in [4.69, 9.17) is 16.1 Å². The number of rotatable bonds is 6. The van der Waals surface area contributed by atoms with Crippen molar-refractivity contribution in [1.29, 1.82) is 0 Å². The molecule has 0 bridgehead atoms. The van der Waals surface area contributed by atoms with Gasteiger partial charge in [-0.05, 0) is 31.2 Å². The van der Waals surface area contributed by atoms with Crippen molar-refractivity contribution >= 4 is 11.6 Å². The largest absolute Gasteiger partial charge is 0.339 e. The van der Waals surface area contributed by atoms with Crippen molar-refractivity contribution in [2.75, 3.05) is 6.54 Å². The minimum atomic E-state index is -0.390. The fourth-order valence-corrected chi connectivity index (χ4v) is 2.56. The lowest BCUT2D eigenvalue weighted by atomic mass is 9.99. The first-order valence-electron chi connectivity index (χ1n) is 7.09. The Morgan fingerprint density at radius 3 is 2.76 bits per heavy atom. The van der Waals surface area contributed by atoms with Gasteiger partial charge in [-0.15, -0.1) is 0 Å². The van der Waals surface area contributed by atoms with E-state index >= 15 is 0 Å². The Balaban J connectivity index is 2.24. The molecule has 6 heteroatoms. The number of aromatic nitrogens is 2. The lowest BCUT2D eigenvalue weighted by molar-refractivity contribution is 0.321. The van der Waals surface area contributed by atoms with Gasteiger partial charge in [0.15, 0.2) is 0 Å². The maximum atomic E-state index is 13.1. The van der Waals surface area contributed by atoms with Gasteiger partial charge in [0.25, 0.3) is 0 Å².